The van der Waals surface area contributed by atoms with Crippen LogP contribution in [-0.2, 0) is 11.3 Å². The zero-order valence-corrected chi connectivity index (χ0v) is 21.2. The van der Waals surface area contributed by atoms with Crippen molar-refractivity contribution in [1.29, 1.82) is 0 Å². The molecule has 1 saturated heterocycles. The van der Waals surface area contributed by atoms with E-state index in [-0.39, 0.29) is 12.0 Å². The van der Waals surface area contributed by atoms with Gasteiger partial charge in [0.1, 0.15) is 23.4 Å². The average molecular weight is 488 g/mol. The molecule has 1 amide bonds. The van der Waals surface area contributed by atoms with Gasteiger partial charge >= 0.3 is 0 Å². The van der Waals surface area contributed by atoms with Crippen LogP contribution in [0.1, 0.15) is 28.6 Å². The first-order valence-corrected chi connectivity index (χ1v) is 12.4. The summed E-state index contributed by atoms with van der Waals surface area (Å²) in [6, 6.07) is 16.0. The molecule has 3 heterocycles. The summed E-state index contributed by atoms with van der Waals surface area (Å²) in [6.07, 6.45) is 1.55. The fourth-order valence-corrected chi connectivity index (χ4v) is 4.98. The number of anilines is 1. The number of nitrogens with zero attached hydrogens (tertiary/aromatic N) is 5. The number of methoxy groups -OCH3 is 1. The van der Waals surface area contributed by atoms with Crippen molar-refractivity contribution in [1.82, 2.24) is 19.8 Å². The smallest absolute Gasteiger partial charge is 0.236 e. The van der Waals surface area contributed by atoms with Crippen LogP contribution in [0.3, 0.4) is 0 Å². The van der Waals surface area contributed by atoms with Crippen LogP contribution in [0.15, 0.2) is 54.7 Å². The number of carbonyl (C=O) groups is 1. The number of aromatic nitrogens is 2. The first-order valence-electron chi connectivity index (χ1n) is 12.4. The van der Waals surface area contributed by atoms with Gasteiger partial charge in [0.2, 0.25) is 5.91 Å². The van der Waals surface area contributed by atoms with Crippen LogP contribution in [0.2, 0.25) is 0 Å². The molecule has 0 aliphatic carbocycles. The Morgan fingerprint density at radius 2 is 1.81 bits per heavy atom. The molecule has 8 heteroatoms. The van der Waals surface area contributed by atoms with Crippen LogP contribution < -0.4 is 14.4 Å². The number of para-hydroxylation sites is 2. The van der Waals surface area contributed by atoms with E-state index in [0.717, 1.165) is 52.9 Å². The number of benzene rings is 2. The largest absolute Gasteiger partial charge is 0.496 e. The fourth-order valence-electron chi connectivity index (χ4n) is 4.98. The summed E-state index contributed by atoms with van der Waals surface area (Å²) in [5.41, 5.74) is 3.90. The van der Waals surface area contributed by atoms with Gasteiger partial charge in [-0.2, -0.15) is 0 Å². The maximum absolute atomic E-state index is 13.4. The molecule has 5 rings (SSSR count). The highest BCUT2D eigenvalue weighted by molar-refractivity contribution is 5.78. The highest BCUT2D eigenvalue weighted by Gasteiger charge is 2.30. The zero-order chi connectivity index (χ0) is 25.1. The predicted octanol–water partition coefficient (Wildman–Crippen LogP) is 3.39. The van der Waals surface area contributed by atoms with Crippen LogP contribution in [0.4, 0.5) is 5.82 Å². The molecule has 0 N–H and O–H groups in total. The molecule has 2 aromatic carbocycles. The highest BCUT2D eigenvalue weighted by Crippen LogP contribution is 2.34. The number of fused-ring (bicyclic) bond motifs is 1. The molecule has 0 radical (unpaired) electrons. The third-order valence-electron chi connectivity index (χ3n) is 6.89. The average Bonchev–Trinajstić information content (AvgIpc) is 3.09. The van der Waals surface area contributed by atoms with Crippen molar-refractivity contribution in [2.45, 2.75) is 26.5 Å². The summed E-state index contributed by atoms with van der Waals surface area (Å²) in [7, 11) is 1.67. The van der Waals surface area contributed by atoms with Gasteiger partial charge in [0.05, 0.1) is 25.0 Å². The van der Waals surface area contributed by atoms with Crippen LogP contribution in [-0.4, -0.2) is 72.1 Å². The molecule has 0 spiro atoms. The highest BCUT2D eigenvalue weighted by atomic mass is 16.5. The Bertz CT molecular complexity index is 1230. The van der Waals surface area contributed by atoms with E-state index in [0.29, 0.717) is 32.7 Å². The number of hydrogen-bond acceptors (Lipinski definition) is 7. The maximum atomic E-state index is 13.4. The molecular formula is C28H33N5O3. The normalized spacial score (nSPS) is 18.2. The summed E-state index contributed by atoms with van der Waals surface area (Å²) in [5.74, 6) is 2.70. The molecule has 2 aliphatic rings. The number of ether oxygens (including phenoxy) is 2. The lowest BCUT2D eigenvalue weighted by Crippen LogP contribution is -2.51. The Morgan fingerprint density at radius 3 is 2.61 bits per heavy atom. The number of carbonyl (C=O) groups excluding carboxylic acids is 1. The van der Waals surface area contributed by atoms with Gasteiger partial charge in [-0.3, -0.25) is 14.7 Å². The van der Waals surface area contributed by atoms with E-state index in [4.69, 9.17) is 9.47 Å². The van der Waals surface area contributed by atoms with Gasteiger partial charge in [-0.15, -0.1) is 0 Å². The van der Waals surface area contributed by atoms with Gasteiger partial charge in [0.25, 0.3) is 0 Å². The molecule has 36 heavy (non-hydrogen) atoms. The van der Waals surface area contributed by atoms with E-state index >= 15 is 0 Å². The molecule has 3 aromatic rings. The Kier molecular flexibility index (Phi) is 7.04. The van der Waals surface area contributed by atoms with Crippen molar-refractivity contribution in [3.63, 3.8) is 0 Å². The quantitative estimate of drug-likeness (QED) is 0.546. The van der Waals surface area contributed by atoms with Crippen molar-refractivity contribution in [2.24, 2.45) is 0 Å². The summed E-state index contributed by atoms with van der Waals surface area (Å²) in [5, 5.41) is 0. The molecule has 1 unspecified atom stereocenters. The number of rotatable bonds is 5. The third-order valence-corrected chi connectivity index (χ3v) is 6.89. The van der Waals surface area contributed by atoms with Gasteiger partial charge in [0.15, 0.2) is 0 Å². The first-order chi connectivity index (χ1) is 17.5. The molecule has 0 saturated carbocycles. The first kappa shape index (κ1) is 24.1. The van der Waals surface area contributed by atoms with E-state index in [1.165, 1.54) is 0 Å². The topological polar surface area (TPSA) is 71.0 Å². The minimum absolute atomic E-state index is 0.139. The fraction of sp³-hybridized carbons (Fsp3) is 0.393. The van der Waals surface area contributed by atoms with Crippen LogP contribution in [0.25, 0.3) is 0 Å². The lowest BCUT2D eigenvalue weighted by Gasteiger charge is -2.37. The third kappa shape index (κ3) is 5.14. The molecule has 1 aromatic heterocycles. The second kappa shape index (κ2) is 10.5. The Balaban J connectivity index is 1.29. The lowest BCUT2D eigenvalue weighted by molar-refractivity contribution is -0.133. The second-order valence-corrected chi connectivity index (χ2v) is 9.41. The van der Waals surface area contributed by atoms with Crippen molar-refractivity contribution in [3.8, 4) is 11.5 Å². The van der Waals surface area contributed by atoms with Crippen molar-refractivity contribution >= 4 is 11.7 Å². The van der Waals surface area contributed by atoms with Gasteiger partial charge < -0.3 is 19.3 Å². The van der Waals surface area contributed by atoms with Gasteiger partial charge in [-0.05, 0) is 26.0 Å². The molecule has 1 atom stereocenters. The molecule has 1 fully saturated rings. The van der Waals surface area contributed by atoms with Crippen LogP contribution in [0.5, 0.6) is 11.5 Å². The van der Waals surface area contributed by atoms with Crippen LogP contribution in [0, 0.1) is 13.8 Å². The minimum Gasteiger partial charge on any atom is -0.496 e. The maximum Gasteiger partial charge on any atom is 0.236 e. The molecule has 8 nitrogen and oxygen atoms in total. The molecule has 188 valence electrons. The number of aryl methyl sites for hydroxylation is 2. The standard InChI is InChI=1S/C28H33N5O3/c1-20-16-29-21(2)28(30-20)33-14-12-32(13-15-33)27(34)19-31-17-22-8-4-6-10-24(22)36-26(18-31)23-9-5-7-11-25(23)35-3/h4-11,16,26H,12-15,17-19H2,1-3H3. The summed E-state index contributed by atoms with van der Waals surface area (Å²) in [4.78, 5) is 28.9. The summed E-state index contributed by atoms with van der Waals surface area (Å²) < 4.78 is 12.1. The van der Waals surface area contributed by atoms with Gasteiger partial charge in [-0.25, -0.2) is 4.98 Å². The lowest BCUT2D eigenvalue weighted by atomic mass is 10.1. The summed E-state index contributed by atoms with van der Waals surface area (Å²) in [6.45, 7) is 8.38. The molecule has 0 bridgehead atoms. The molecule has 2 aliphatic heterocycles. The van der Waals surface area contributed by atoms with E-state index in [9.17, 15) is 4.79 Å². The SMILES string of the molecule is COc1ccccc1C1CN(CC(=O)N2CCN(c3nc(C)cnc3C)CC2)Cc2ccccc2O1. The van der Waals surface area contributed by atoms with E-state index in [2.05, 4.69) is 25.8 Å². The Morgan fingerprint density at radius 1 is 1.06 bits per heavy atom. The molecular weight excluding hydrogens is 454 g/mol. The Hall–Kier alpha value is -3.65. The van der Waals surface area contributed by atoms with Crippen molar-refractivity contribution in [2.75, 3.05) is 51.3 Å². The van der Waals surface area contributed by atoms with Crippen LogP contribution >= 0.6 is 0 Å². The van der Waals surface area contributed by atoms with Crippen molar-refractivity contribution in [3.05, 3.63) is 77.2 Å². The van der Waals surface area contributed by atoms with E-state index in [1.807, 2.05) is 61.2 Å². The van der Waals surface area contributed by atoms with Gasteiger partial charge in [0, 0.05) is 56.6 Å². The predicted molar refractivity (Wildman–Crippen MR) is 138 cm³/mol. The zero-order valence-electron chi connectivity index (χ0n) is 21.2. The Labute approximate surface area is 212 Å². The monoisotopic (exact) mass is 487 g/mol. The van der Waals surface area contributed by atoms with Gasteiger partial charge in [-0.1, -0.05) is 36.4 Å². The minimum atomic E-state index is -0.239. The number of amides is 1. The van der Waals surface area contributed by atoms with Crippen molar-refractivity contribution < 1.29 is 14.3 Å². The van der Waals surface area contributed by atoms with E-state index in [1.54, 1.807) is 13.3 Å². The number of hydrogen-bond donors (Lipinski definition) is 0. The summed E-state index contributed by atoms with van der Waals surface area (Å²) >= 11 is 0. The second-order valence-electron chi connectivity index (χ2n) is 9.41. The number of piperazine rings is 1. The van der Waals surface area contributed by atoms with E-state index < -0.39 is 0 Å².